The van der Waals surface area contributed by atoms with Crippen molar-refractivity contribution in [1.82, 2.24) is 4.90 Å². The Morgan fingerprint density at radius 3 is 2.72 bits per heavy atom. The van der Waals surface area contributed by atoms with E-state index in [0.717, 1.165) is 4.91 Å². The van der Waals surface area contributed by atoms with Gasteiger partial charge in [0, 0.05) is 6.42 Å². The molecule has 3 atom stereocenters. The van der Waals surface area contributed by atoms with E-state index in [0.29, 0.717) is 6.42 Å². The third-order valence-electron chi connectivity index (χ3n) is 3.37. The number of fused-ring (bicyclic) bond motifs is 1. The summed E-state index contributed by atoms with van der Waals surface area (Å²) in [5, 5.41) is 18.7. The third kappa shape index (κ3) is 1.95. The van der Waals surface area contributed by atoms with Crippen LogP contribution in [0.2, 0.25) is 0 Å². The van der Waals surface area contributed by atoms with E-state index in [1.54, 1.807) is 13.0 Å². The highest BCUT2D eigenvalue weighted by molar-refractivity contribution is 8.02. The number of nitrogens with zero attached hydrogens (tertiary/aromatic N) is 1. The number of carboxylic acids is 1. The number of β-lactam (4-membered cyclic amide) rings is 1. The molecule has 0 aromatic rings. The van der Waals surface area contributed by atoms with E-state index in [1.807, 2.05) is 6.26 Å². The second kappa shape index (κ2) is 4.78. The van der Waals surface area contributed by atoms with Crippen LogP contribution in [0.15, 0.2) is 22.8 Å². The molecule has 0 radical (unpaired) electrons. The first-order valence-corrected chi connectivity index (χ1v) is 6.89. The van der Waals surface area contributed by atoms with Gasteiger partial charge in [0.25, 0.3) is 0 Å². The molecule has 2 N–H and O–H groups in total. The third-order valence-corrected chi connectivity index (χ3v) is 4.19. The largest absolute Gasteiger partial charge is 0.477 e. The van der Waals surface area contributed by atoms with Crippen LogP contribution in [0, 0.1) is 5.92 Å². The number of aliphatic hydroxyl groups excluding tert-OH is 1. The average Bonchev–Trinajstić information content (AvgIpc) is 2.45. The Labute approximate surface area is 109 Å². The lowest BCUT2D eigenvalue weighted by atomic mass is 9.81. The number of allylic oxidation sites excluding steroid dienone is 2. The fourth-order valence-electron chi connectivity index (χ4n) is 2.46. The van der Waals surface area contributed by atoms with Gasteiger partial charge in [0.2, 0.25) is 5.91 Å². The highest BCUT2D eigenvalue weighted by atomic mass is 32.2. The molecule has 98 valence electrons. The highest BCUT2D eigenvalue weighted by Gasteiger charge is 2.52. The van der Waals surface area contributed by atoms with Crippen LogP contribution in [0.1, 0.15) is 13.3 Å². The first-order chi connectivity index (χ1) is 8.47. The van der Waals surface area contributed by atoms with Gasteiger partial charge in [-0.1, -0.05) is 6.08 Å². The van der Waals surface area contributed by atoms with E-state index in [4.69, 9.17) is 5.11 Å². The summed E-state index contributed by atoms with van der Waals surface area (Å²) in [7, 11) is 0. The highest BCUT2D eigenvalue weighted by Crippen LogP contribution is 2.40. The predicted octanol–water partition coefficient (Wildman–Crippen LogP) is 0.813. The molecule has 18 heavy (non-hydrogen) atoms. The number of carbonyl (C=O) groups is 2. The van der Waals surface area contributed by atoms with E-state index in [1.165, 1.54) is 22.7 Å². The van der Waals surface area contributed by atoms with Crippen LogP contribution >= 0.6 is 11.8 Å². The van der Waals surface area contributed by atoms with Crippen molar-refractivity contribution in [3.8, 4) is 0 Å². The number of carbonyl (C=O) groups excluding carboxylic acids is 1. The number of hydrogen-bond acceptors (Lipinski definition) is 4. The lowest BCUT2D eigenvalue weighted by Crippen LogP contribution is -2.64. The molecule has 2 aliphatic heterocycles. The summed E-state index contributed by atoms with van der Waals surface area (Å²) in [6.07, 6.45) is 4.95. The molecule has 0 aromatic heterocycles. The second-order valence-electron chi connectivity index (χ2n) is 4.44. The topological polar surface area (TPSA) is 77.8 Å². The maximum Gasteiger partial charge on any atom is 0.352 e. The summed E-state index contributed by atoms with van der Waals surface area (Å²) in [4.78, 5) is 25.4. The van der Waals surface area contributed by atoms with Crippen LogP contribution in [-0.4, -0.2) is 45.4 Å². The van der Waals surface area contributed by atoms with Crippen LogP contribution in [-0.2, 0) is 9.59 Å². The van der Waals surface area contributed by atoms with Crippen LogP contribution in [0.25, 0.3) is 0 Å². The zero-order valence-corrected chi connectivity index (χ0v) is 11.0. The van der Waals surface area contributed by atoms with E-state index >= 15 is 0 Å². The Hall–Kier alpha value is -1.27. The molecule has 1 saturated heterocycles. The van der Waals surface area contributed by atoms with E-state index in [2.05, 4.69) is 0 Å². The average molecular weight is 269 g/mol. The maximum absolute atomic E-state index is 11.9. The van der Waals surface area contributed by atoms with E-state index in [9.17, 15) is 14.7 Å². The SMILES string of the molecule is CSC1=CC=C(C(=O)O)N2C(=O)[C@H]([C@@H](C)O)[C@H]2C1. The zero-order chi connectivity index (χ0) is 13.4. The molecular weight excluding hydrogens is 254 g/mol. The summed E-state index contributed by atoms with van der Waals surface area (Å²) in [6.45, 7) is 1.57. The summed E-state index contributed by atoms with van der Waals surface area (Å²) in [6, 6.07) is -0.249. The molecule has 2 aliphatic rings. The molecule has 1 fully saturated rings. The molecule has 2 heterocycles. The number of thioether (sulfide) groups is 1. The zero-order valence-electron chi connectivity index (χ0n) is 10.2. The molecule has 0 bridgehead atoms. The molecule has 2 rings (SSSR count). The number of rotatable bonds is 3. The Bertz CT molecular complexity index is 455. The predicted molar refractivity (Wildman–Crippen MR) is 67.7 cm³/mol. The van der Waals surface area contributed by atoms with Gasteiger partial charge in [-0.25, -0.2) is 4.79 Å². The van der Waals surface area contributed by atoms with Crippen molar-refractivity contribution in [2.24, 2.45) is 5.92 Å². The minimum atomic E-state index is -1.11. The van der Waals surface area contributed by atoms with Gasteiger partial charge in [-0.15, -0.1) is 11.8 Å². The van der Waals surface area contributed by atoms with Crippen molar-refractivity contribution in [2.75, 3.05) is 6.26 Å². The number of hydrogen-bond donors (Lipinski definition) is 2. The molecule has 1 amide bonds. The van der Waals surface area contributed by atoms with Gasteiger partial charge in [-0.2, -0.15) is 0 Å². The van der Waals surface area contributed by atoms with Crippen LogP contribution in [0.5, 0.6) is 0 Å². The Morgan fingerprint density at radius 2 is 2.22 bits per heavy atom. The summed E-state index contributed by atoms with van der Waals surface area (Å²) < 4.78 is 0. The van der Waals surface area contributed by atoms with Crippen molar-refractivity contribution < 1.29 is 19.8 Å². The molecule has 0 spiro atoms. The van der Waals surface area contributed by atoms with Crippen LogP contribution in [0.3, 0.4) is 0 Å². The van der Waals surface area contributed by atoms with Crippen LogP contribution < -0.4 is 0 Å². The first kappa shape index (κ1) is 13.2. The molecule has 0 saturated carbocycles. The van der Waals surface area contributed by atoms with Crippen molar-refractivity contribution in [3.63, 3.8) is 0 Å². The fourth-order valence-corrected chi connectivity index (χ4v) is 3.00. The summed E-state index contributed by atoms with van der Waals surface area (Å²) in [5.41, 5.74) is -0.00838. The molecule has 0 aliphatic carbocycles. The summed E-state index contributed by atoms with van der Waals surface area (Å²) in [5.74, 6) is -1.92. The number of carboxylic acid groups (broad SMARTS) is 1. The first-order valence-electron chi connectivity index (χ1n) is 5.66. The normalized spacial score (nSPS) is 28.6. The molecule has 0 aromatic carbocycles. The van der Waals surface area contributed by atoms with Gasteiger partial charge in [-0.05, 0) is 24.2 Å². The van der Waals surface area contributed by atoms with Crippen LogP contribution in [0.4, 0.5) is 0 Å². The lowest BCUT2D eigenvalue weighted by Gasteiger charge is -2.48. The van der Waals surface area contributed by atoms with E-state index in [-0.39, 0.29) is 17.6 Å². The minimum Gasteiger partial charge on any atom is -0.477 e. The van der Waals surface area contributed by atoms with Crippen molar-refractivity contribution in [2.45, 2.75) is 25.5 Å². The lowest BCUT2D eigenvalue weighted by molar-refractivity contribution is -0.163. The van der Waals surface area contributed by atoms with Crippen molar-refractivity contribution in [1.29, 1.82) is 0 Å². The van der Waals surface area contributed by atoms with Crippen molar-refractivity contribution in [3.05, 3.63) is 22.8 Å². The number of aliphatic carboxylic acids is 1. The Kier molecular flexibility index (Phi) is 3.49. The quantitative estimate of drug-likeness (QED) is 0.741. The van der Waals surface area contributed by atoms with E-state index < -0.39 is 18.0 Å². The Balaban J connectivity index is 2.35. The molecule has 5 nitrogen and oxygen atoms in total. The van der Waals surface area contributed by atoms with Gasteiger partial charge < -0.3 is 15.1 Å². The van der Waals surface area contributed by atoms with Gasteiger partial charge in [0.1, 0.15) is 5.70 Å². The second-order valence-corrected chi connectivity index (χ2v) is 5.37. The fraction of sp³-hybridized carbons (Fsp3) is 0.500. The van der Waals surface area contributed by atoms with Gasteiger partial charge in [0.05, 0.1) is 18.1 Å². The molecule has 6 heteroatoms. The summed E-state index contributed by atoms with van der Waals surface area (Å²) >= 11 is 1.53. The monoisotopic (exact) mass is 269 g/mol. The van der Waals surface area contributed by atoms with Gasteiger partial charge >= 0.3 is 5.97 Å². The van der Waals surface area contributed by atoms with Gasteiger partial charge in [-0.3, -0.25) is 4.79 Å². The number of aliphatic hydroxyl groups is 1. The van der Waals surface area contributed by atoms with Gasteiger partial charge in [0.15, 0.2) is 0 Å². The smallest absolute Gasteiger partial charge is 0.352 e. The standard InChI is InChI=1S/C12H15NO4S/c1-6(14)10-9-5-7(18-2)3-4-8(12(16)17)13(9)11(10)15/h3-4,6,9-10,14H,5H2,1-2H3,(H,16,17)/t6-,9-,10-/m1/s1. The molecule has 0 unspecified atom stereocenters. The number of amides is 1. The van der Waals surface area contributed by atoms with Crippen molar-refractivity contribution >= 4 is 23.6 Å². The maximum atomic E-state index is 11.9. The molecular formula is C12H15NO4S. The Morgan fingerprint density at radius 1 is 1.56 bits per heavy atom. The minimum absolute atomic E-state index is 0.00838.